The molecular formula is C22H24ClF3N2O3. The number of halogens is 4. The molecule has 0 aromatic heterocycles. The van der Waals surface area contributed by atoms with Crippen molar-refractivity contribution in [3.63, 3.8) is 0 Å². The zero-order chi connectivity index (χ0) is 23.6. The number of carbonyl (C=O) groups excluding carboxylic acids is 3. The lowest BCUT2D eigenvalue weighted by atomic mass is 9.72. The Hall–Kier alpha value is -2.35. The van der Waals surface area contributed by atoms with Crippen molar-refractivity contribution in [3.05, 3.63) is 40.6 Å². The van der Waals surface area contributed by atoms with Crippen LogP contribution in [0.2, 0.25) is 5.02 Å². The summed E-state index contributed by atoms with van der Waals surface area (Å²) in [5.74, 6) is -3.23. The second-order valence-electron chi connectivity index (χ2n) is 9.83. The van der Waals surface area contributed by atoms with Crippen molar-refractivity contribution in [2.75, 3.05) is 4.90 Å². The summed E-state index contributed by atoms with van der Waals surface area (Å²) in [6, 6.07) is 5.82. The first-order valence-electron chi connectivity index (χ1n) is 9.77. The molecule has 2 amide bonds. The quantitative estimate of drug-likeness (QED) is 0.695. The van der Waals surface area contributed by atoms with Gasteiger partial charge in [0, 0.05) is 22.6 Å². The Balaban J connectivity index is 2.33. The third-order valence-electron chi connectivity index (χ3n) is 5.50. The minimum Gasteiger partial charge on any atom is -0.330 e. The van der Waals surface area contributed by atoms with Gasteiger partial charge in [0.15, 0.2) is 5.78 Å². The Labute approximate surface area is 183 Å². The van der Waals surface area contributed by atoms with Crippen LogP contribution in [0.5, 0.6) is 0 Å². The molecule has 0 radical (unpaired) electrons. The van der Waals surface area contributed by atoms with Crippen LogP contribution >= 0.6 is 11.6 Å². The Kier molecular flexibility index (Phi) is 5.33. The molecule has 1 aromatic carbocycles. The third-order valence-corrected chi connectivity index (χ3v) is 5.73. The van der Waals surface area contributed by atoms with Gasteiger partial charge in [0.25, 0.3) is 5.91 Å². The summed E-state index contributed by atoms with van der Waals surface area (Å²) in [5.41, 5.74) is -6.00. The van der Waals surface area contributed by atoms with Crippen LogP contribution in [0.4, 0.5) is 18.9 Å². The van der Waals surface area contributed by atoms with Crippen molar-refractivity contribution < 1.29 is 27.6 Å². The highest BCUT2D eigenvalue weighted by Gasteiger charge is 2.72. The van der Waals surface area contributed by atoms with E-state index < -0.39 is 45.7 Å². The van der Waals surface area contributed by atoms with Gasteiger partial charge in [-0.05, 0) is 30.0 Å². The van der Waals surface area contributed by atoms with E-state index >= 15 is 0 Å². The van der Waals surface area contributed by atoms with Crippen molar-refractivity contribution in [2.45, 2.75) is 59.2 Å². The van der Waals surface area contributed by atoms with Crippen LogP contribution in [0.15, 0.2) is 35.5 Å². The minimum atomic E-state index is -5.24. The van der Waals surface area contributed by atoms with Crippen LogP contribution < -0.4 is 10.2 Å². The monoisotopic (exact) mass is 456 g/mol. The fourth-order valence-corrected chi connectivity index (χ4v) is 4.18. The van der Waals surface area contributed by atoms with E-state index in [-0.39, 0.29) is 29.2 Å². The van der Waals surface area contributed by atoms with Crippen molar-refractivity contribution in [2.24, 2.45) is 10.8 Å². The fraction of sp³-hybridized carbons (Fsp3) is 0.500. The Bertz CT molecular complexity index is 1010. The Morgan fingerprint density at radius 3 is 2.26 bits per heavy atom. The highest BCUT2D eigenvalue weighted by atomic mass is 35.5. The number of allylic oxidation sites excluding steroid dienone is 1. The molecule has 0 saturated carbocycles. The number of carbonyl (C=O) groups is 3. The zero-order valence-electron chi connectivity index (χ0n) is 17.9. The molecular weight excluding hydrogens is 433 g/mol. The lowest BCUT2D eigenvalue weighted by molar-refractivity contribution is -0.191. The van der Waals surface area contributed by atoms with Crippen molar-refractivity contribution in [1.82, 2.24) is 5.32 Å². The molecule has 0 unspecified atom stereocenters. The number of rotatable bonds is 2. The molecule has 1 atom stereocenters. The lowest BCUT2D eigenvalue weighted by Gasteiger charge is -2.37. The van der Waals surface area contributed by atoms with Gasteiger partial charge in [-0.3, -0.25) is 19.3 Å². The number of benzene rings is 1. The SMILES string of the molecule is CC1(C)CC(=O)C2=C(C1)N(c1cccc(Cl)c1)C(=O)[C@@]2(NC(=O)C(C)(C)C)C(F)(F)F. The van der Waals surface area contributed by atoms with Gasteiger partial charge in [-0.2, -0.15) is 13.2 Å². The van der Waals surface area contributed by atoms with Gasteiger partial charge >= 0.3 is 6.18 Å². The van der Waals surface area contributed by atoms with E-state index in [0.29, 0.717) is 0 Å². The largest absolute Gasteiger partial charge is 0.425 e. The molecule has 0 saturated heterocycles. The maximum Gasteiger partial charge on any atom is 0.425 e. The molecule has 0 spiro atoms. The van der Waals surface area contributed by atoms with Gasteiger partial charge in [-0.1, -0.05) is 52.3 Å². The van der Waals surface area contributed by atoms with Gasteiger partial charge in [0.2, 0.25) is 11.4 Å². The number of hydrogen-bond acceptors (Lipinski definition) is 3. The first-order valence-corrected chi connectivity index (χ1v) is 10.2. The van der Waals surface area contributed by atoms with Crippen molar-refractivity contribution >= 4 is 34.9 Å². The molecule has 1 aromatic rings. The predicted octanol–water partition coefficient (Wildman–Crippen LogP) is 4.79. The second kappa shape index (κ2) is 7.08. The highest BCUT2D eigenvalue weighted by molar-refractivity contribution is 6.31. The molecule has 5 nitrogen and oxygen atoms in total. The van der Waals surface area contributed by atoms with E-state index in [1.54, 1.807) is 13.8 Å². The molecule has 9 heteroatoms. The number of alkyl halides is 3. The van der Waals surface area contributed by atoms with Crippen molar-refractivity contribution in [3.8, 4) is 0 Å². The van der Waals surface area contributed by atoms with E-state index in [1.807, 2.05) is 5.32 Å². The summed E-state index contributed by atoms with van der Waals surface area (Å²) < 4.78 is 43.9. The summed E-state index contributed by atoms with van der Waals surface area (Å²) in [5, 5.41) is 2.15. The number of anilines is 1. The normalized spacial score (nSPS) is 23.8. The van der Waals surface area contributed by atoms with E-state index in [9.17, 15) is 27.6 Å². The summed E-state index contributed by atoms with van der Waals surface area (Å²) in [4.78, 5) is 40.2. The molecule has 0 fully saturated rings. The molecule has 0 bridgehead atoms. The second-order valence-corrected chi connectivity index (χ2v) is 10.3. The van der Waals surface area contributed by atoms with E-state index in [0.717, 1.165) is 4.90 Å². The highest BCUT2D eigenvalue weighted by Crippen LogP contribution is 2.53. The number of Topliss-reactive ketones (excluding diaryl/α,β-unsaturated/α-hetero) is 1. The number of amides is 2. The lowest BCUT2D eigenvalue weighted by Crippen LogP contribution is -2.67. The smallest absolute Gasteiger partial charge is 0.330 e. The van der Waals surface area contributed by atoms with Gasteiger partial charge in [0.1, 0.15) is 0 Å². The molecule has 3 rings (SSSR count). The molecule has 1 N–H and O–H groups in total. The van der Waals surface area contributed by atoms with Crippen molar-refractivity contribution in [1.29, 1.82) is 0 Å². The number of hydrogen-bond donors (Lipinski definition) is 1. The molecule has 1 aliphatic carbocycles. The molecule has 1 aliphatic heterocycles. The van der Waals surface area contributed by atoms with Gasteiger partial charge in [-0.15, -0.1) is 0 Å². The fourth-order valence-electron chi connectivity index (χ4n) is 4.00. The minimum absolute atomic E-state index is 0.0511. The van der Waals surface area contributed by atoms with Gasteiger partial charge in [-0.25, -0.2) is 0 Å². The topological polar surface area (TPSA) is 66.5 Å². The number of nitrogens with zero attached hydrogens (tertiary/aromatic N) is 1. The Morgan fingerprint density at radius 1 is 1.13 bits per heavy atom. The first-order chi connectivity index (χ1) is 14.0. The average Bonchev–Trinajstić information content (AvgIpc) is 2.81. The van der Waals surface area contributed by atoms with Crippen LogP contribution in [-0.2, 0) is 14.4 Å². The molecule has 168 valence electrons. The first kappa shape index (κ1) is 23.3. The van der Waals surface area contributed by atoms with E-state index in [2.05, 4.69) is 0 Å². The van der Waals surface area contributed by atoms with Crippen LogP contribution in [0.3, 0.4) is 0 Å². The molecule has 2 aliphatic rings. The maximum atomic E-state index is 14.6. The molecule has 31 heavy (non-hydrogen) atoms. The summed E-state index contributed by atoms with van der Waals surface area (Å²) in [6.07, 6.45) is -5.36. The Morgan fingerprint density at radius 2 is 1.74 bits per heavy atom. The van der Waals surface area contributed by atoms with Gasteiger partial charge in [0.05, 0.1) is 11.3 Å². The van der Waals surface area contributed by atoms with Crippen LogP contribution in [0, 0.1) is 10.8 Å². The van der Waals surface area contributed by atoms with Crippen LogP contribution in [0.1, 0.15) is 47.5 Å². The zero-order valence-corrected chi connectivity index (χ0v) is 18.7. The number of ketones is 1. The maximum absolute atomic E-state index is 14.6. The number of nitrogens with one attached hydrogen (secondary N) is 1. The summed E-state index contributed by atoms with van der Waals surface area (Å²) >= 11 is 6.02. The van der Waals surface area contributed by atoms with Crippen LogP contribution in [-0.4, -0.2) is 29.3 Å². The summed E-state index contributed by atoms with van der Waals surface area (Å²) in [6.45, 7) is 7.79. The van der Waals surface area contributed by atoms with E-state index in [4.69, 9.17) is 11.6 Å². The predicted molar refractivity (Wildman–Crippen MR) is 110 cm³/mol. The molecule has 1 heterocycles. The summed E-state index contributed by atoms with van der Waals surface area (Å²) in [7, 11) is 0. The van der Waals surface area contributed by atoms with Crippen LogP contribution in [0.25, 0.3) is 0 Å². The average molecular weight is 457 g/mol. The van der Waals surface area contributed by atoms with Gasteiger partial charge < -0.3 is 5.32 Å². The third kappa shape index (κ3) is 3.75. The van der Waals surface area contributed by atoms with E-state index in [1.165, 1.54) is 45.0 Å². The standard InChI is InChI=1S/C22H24ClF3N2O3/c1-19(2,3)17(30)27-21(22(24,25)26)16-14(10-20(4,5)11-15(16)29)28(18(21)31)13-8-6-7-12(23)9-13/h6-9H,10-11H2,1-5H3,(H,27,30)/t21-/m1/s1.